The Morgan fingerprint density at radius 3 is 2.56 bits per heavy atom. The number of anilines is 1. The van der Waals surface area contributed by atoms with E-state index in [9.17, 15) is 18.7 Å². The summed E-state index contributed by atoms with van der Waals surface area (Å²) in [6, 6.07) is 7.31. The molecule has 3 aliphatic carbocycles. The van der Waals surface area contributed by atoms with Crippen molar-refractivity contribution in [3.8, 4) is 21.8 Å². The lowest BCUT2D eigenvalue weighted by molar-refractivity contribution is -0.148. The van der Waals surface area contributed by atoms with Crippen molar-refractivity contribution in [1.29, 1.82) is 0 Å². The number of hydrogen-bond acceptors (Lipinski definition) is 5. The fourth-order valence-corrected chi connectivity index (χ4v) is 6.72. The second-order valence-corrected chi connectivity index (χ2v) is 10.2. The SMILES string of the molecule is O=C(O)[C@@H]1C(Nc2sc(-c3c[nH]c4ncc(F)cc34)nc2-c2ccc(F)cc2)[C@H]2CC[C@@H]1CC2. The van der Waals surface area contributed by atoms with Gasteiger partial charge >= 0.3 is 5.97 Å². The summed E-state index contributed by atoms with van der Waals surface area (Å²) in [6.45, 7) is 0. The average Bonchev–Trinajstić information content (AvgIpc) is 3.44. The molecular weight excluding hydrogens is 458 g/mol. The van der Waals surface area contributed by atoms with Gasteiger partial charge in [0, 0.05) is 28.8 Å². The van der Waals surface area contributed by atoms with Crippen molar-refractivity contribution in [2.45, 2.75) is 31.7 Å². The summed E-state index contributed by atoms with van der Waals surface area (Å²) in [7, 11) is 0. The number of fused-ring (bicyclic) bond motifs is 4. The van der Waals surface area contributed by atoms with Crippen LogP contribution in [-0.2, 0) is 4.79 Å². The number of nitrogens with one attached hydrogen (secondary N) is 2. The minimum Gasteiger partial charge on any atom is -0.481 e. The van der Waals surface area contributed by atoms with Gasteiger partial charge in [-0.05, 0) is 67.9 Å². The van der Waals surface area contributed by atoms with Crippen LogP contribution < -0.4 is 5.32 Å². The van der Waals surface area contributed by atoms with Crippen LogP contribution in [0, 0.1) is 29.4 Å². The Balaban J connectivity index is 1.45. The molecule has 1 aromatic carbocycles. The van der Waals surface area contributed by atoms with Gasteiger partial charge in [-0.2, -0.15) is 0 Å². The lowest BCUT2D eigenvalue weighted by Gasteiger charge is -2.47. The number of benzene rings is 1. The predicted molar refractivity (Wildman–Crippen MR) is 127 cm³/mol. The molecule has 0 saturated heterocycles. The number of rotatable bonds is 5. The number of H-pyrrole nitrogens is 1. The van der Waals surface area contributed by atoms with Crippen molar-refractivity contribution in [3.05, 3.63) is 54.4 Å². The Hall–Kier alpha value is -3.33. The molecule has 9 heteroatoms. The Labute approximate surface area is 198 Å². The summed E-state index contributed by atoms with van der Waals surface area (Å²) < 4.78 is 27.5. The monoisotopic (exact) mass is 480 g/mol. The molecule has 2 bridgehead atoms. The molecule has 6 nitrogen and oxygen atoms in total. The maximum atomic E-state index is 13.9. The zero-order valence-electron chi connectivity index (χ0n) is 18.1. The Morgan fingerprint density at radius 2 is 1.82 bits per heavy atom. The Morgan fingerprint density at radius 1 is 1.09 bits per heavy atom. The van der Waals surface area contributed by atoms with Gasteiger partial charge in [-0.3, -0.25) is 4.79 Å². The fraction of sp³-hybridized carbons (Fsp3) is 0.320. The standard InChI is InChI=1S/C25H22F2N4O2S/c26-15-7-5-14(6-8-15)21-24(30-20-13-3-1-12(2-4-13)19(20)25(32)33)34-23(31-21)18-11-29-22-17(18)9-16(27)10-28-22/h5-13,19-20,30H,1-4H2,(H,28,29)(H,32,33)/t12-,13+,19-,20?/m0/s1. The highest BCUT2D eigenvalue weighted by molar-refractivity contribution is 7.19. The first-order valence-corrected chi connectivity index (χ1v) is 12.2. The molecule has 4 aromatic rings. The molecule has 0 aliphatic heterocycles. The number of hydrogen-bond donors (Lipinski definition) is 3. The molecule has 0 spiro atoms. The van der Waals surface area contributed by atoms with Crippen LogP contribution in [0.2, 0.25) is 0 Å². The summed E-state index contributed by atoms with van der Waals surface area (Å²) in [5.41, 5.74) is 2.62. The molecule has 34 heavy (non-hydrogen) atoms. The van der Waals surface area contributed by atoms with Gasteiger partial charge in [0.15, 0.2) is 0 Å². The van der Waals surface area contributed by atoms with Crippen LogP contribution in [0.1, 0.15) is 25.7 Å². The molecule has 3 N–H and O–H groups in total. The number of thiazole rings is 1. The van der Waals surface area contributed by atoms with Crippen LogP contribution >= 0.6 is 11.3 Å². The maximum Gasteiger partial charge on any atom is 0.308 e. The number of carbonyl (C=O) groups is 1. The molecule has 2 atom stereocenters. The van der Waals surface area contributed by atoms with Gasteiger partial charge in [-0.25, -0.2) is 18.7 Å². The van der Waals surface area contributed by atoms with Gasteiger partial charge in [-0.15, -0.1) is 0 Å². The molecule has 0 radical (unpaired) electrons. The van der Waals surface area contributed by atoms with E-state index in [4.69, 9.17) is 4.98 Å². The van der Waals surface area contributed by atoms with Crippen LogP contribution in [0.3, 0.4) is 0 Å². The normalized spacial score (nSPS) is 23.9. The van der Waals surface area contributed by atoms with E-state index in [1.165, 1.54) is 29.5 Å². The van der Waals surface area contributed by atoms with Gasteiger partial charge in [0.05, 0.1) is 12.1 Å². The van der Waals surface area contributed by atoms with Gasteiger partial charge in [0.1, 0.15) is 33.0 Å². The van der Waals surface area contributed by atoms with Crippen LogP contribution in [0.25, 0.3) is 32.9 Å². The quantitative estimate of drug-likeness (QED) is 0.329. The Bertz CT molecular complexity index is 1380. The highest BCUT2D eigenvalue weighted by atomic mass is 32.1. The van der Waals surface area contributed by atoms with Crippen molar-refractivity contribution in [2.75, 3.05) is 5.32 Å². The zero-order chi connectivity index (χ0) is 23.4. The van der Waals surface area contributed by atoms with Gasteiger partial charge in [-0.1, -0.05) is 11.3 Å². The van der Waals surface area contributed by atoms with Crippen LogP contribution in [0.15, 0.2) is 42.7 Å². The predicted octanol–water partition coefficient (Wildman–Crippen LogP) is 5.93. The van der Waals surface area contributed by atoms with Gasteiger partial charge < -0.3 is 15.4 Å². The van der Waals surface area contributed by atoms with E-state index in [-0.39, 0.29) is 23.7 Å². The minimum absolute atomic E-state index is 0.171. The van der Waals surface area contributed by atoms with E-state index in [0.29, 0.717) is 27.3 Å². The van der Waals surface area contributed by atoms with E-state index < -0.39 is 17.7 Å². The van der Waals surface area contributed by atoms with Crippen molar-refractivity contribution in [3.63, 3.8) is 0 Å². The number of aromatic nitrogens is 3. The number of aromatic amines is 1. The van der Waals surface area contributed by atoms with E-state index in [1.54, 1.807) is 18.3 Å². The lowest BCUT2D eigenvalue weighted by atomic mass is 9.61. The summed E-state index contributed by atoms with van der Waals surface area (Å²) in [5.74, 6) is -1.55. The molecule has 3 aliphatic rings. The first-order chi connectivity index (χ1) is 16.5. The first-order valence-electron chi connectivity index (χ1n) is 11.4. The minimum atomic E-state index is -0.766. The second kappa shape index (κ2) is 8.16. The molecule has 0 amide bonds. The first kappa shape index (κ1) is 21.2. The smallest absolute Gasteiger partial charge is 0.308 e. The third-order valence-electron chi connectivity index (χ3n) is 7.27. The molecule has 3 fully saturated rings. The van der Waals surface area contributed by atoms with E-state index >= 15 is 0 Å². The second-order valence-electron chi connectivity index (χ2n) is 9.16. The summed E-state index contributed by atoms with van der Waals surface area (Å²) >= 11 is 1.39. The third-order valence-corrected chi connectivity index (χ3v) is 8.29. The molecule has 7 rings (SSSR count). The van der Waals surface area contributed by atoms with Crippen LogP contribution in [-0.4, -0.2) is 32.1 Å². The molecule has 174 valence electrons. The highest BCUT2D eigenvalue weighted by Crippen LogP contribution is 2.48. The summed E-state index contributed by atoms with van der Waals surface area (Å²) in [4.78, 5) is 24.2. The largest absolute Gasteiger partial charge is 0.481 e. The van der Waals surface area contributed by atoms with Crippen molar-refractivity contribution >= 4 is 33.3 Å². The van der Waals surface area contributed by atoms with Gasteiger partial charge in [0.25, 0.3) is 0 Å². The number of halogens is 2. The number of aliphatic carboxylic acids is 1. The average molecular weight is 481 g/mol. The third kappa shape index (κ3) is 3.55. The molecule has 3 heterocycles. The number of pyridine rings is 1. The van der Waals surface area contributed by atoms with E-state index in [0.717, 1.165) is 42.4 Å². The summed E-state index contributed by atoms with van der Waals surface area (Å²) in [5, 5.41) is 15.5. The van der Waals surface area contributed by atoms with Crippen LogP contribution in [0.5, 0.6) is 0 Å². The number of nitrogens with zero attached hydrogens (tertiary/aromatic N) is 2. The molecule has 3 saturated carbocycles. The van der Waals surface area contributed by atoms with E-state index in [1.807, 2.05) is 0 Å². The summed E-state index contributed by atoms with van der Waals surface area (Å²) in [6.07, 6.45) is 6.83. The van der Waals surface area contributed by atoms with Crippen LogP contribution in [0.4, 0.5) is 13.8 Å². The fourth-order valence-electron chi connectivity index (χ4n) is 5.66. The molecule has 3 aromatic heterocycles. The maximum absolute atomic E-state index is 13.9. The Kier molecular flexibility index (Phi) is 5.09. The van der Waals surface area contributed by atoms with Crippen molar-refractivity contribution in [1.82, 2.24) is 15.0 Å². The lowest BCUT2D eigenvalue weighted by Crippen LogP contribution is -2.51. The van der Waals surface area contributed by atoms with Gasteiger partial charge in [0.2, 0.25) is 0 Å². The topological polar surface area (TPSA) is 90.9 Å². The number of carboxylic acid groups (broad SMARTS) is 1. The van der Waals surface area contributed by atoms with Crippen molar-refractivity contribution in [2.24, 2.45) is 17.8 Å². The van der Waals surface area contributed by atoms with E-state index in [2.05, 4.69) is 15.3 Å². The van der Waals surface area contributed by atoms with Crippen molar-refractivity contribution < 1.29 is 18.7 Å². The highest BCUT2D eigenvalue weighted by Gasteiger charge is 2.47. The number of carboxylic acids is 1. The molecular formula is C25H22F2N4O2S. The zero-order valence-corrected chi connectivity index (χ0v) is 18.9. The molecule has 1 unspecified atom stereocenters.